The van der Waals surface area contributed by atoms with Crippen molar-refractivity contribution in [2.75, 3.05) is 5.75 Å². The molecule has 0 heterocycles. The molecule has 0 saturated carbocycles. The molecular weight excluding hydrogens is 220 g/mol. The molecule has 1 N–H and O–H groups in total. The van der Waals surface area contributed by atoms with Gasteiger partial charge in [0.1, 0.15) is 5.38 Å². The van der Waals surface area contributed by atoms with Gasteiger partial charge in [-0.1, -0.05) is 17.7 Å². The summed E-state index contributed by atoms with van der Waals surface area (Å²) in [6.07, 6.45) is 0. The lowest BCUT2D eigenvalue weighted by Gasteiger charge is -2.04. The maximum Gasteiger partial charge on any atom is 0.322 e. The molecule has 0 amide bonds. The largest absolute Gasteiger partial charge is 0.480 e. The van der Waals surface area contributed by atoms with Crippen molar-refractivity contribution < 1.29 is 9.90 Å². The average Bonchev–Trinajstić information content (AvgIpc) is 2.16. The number of alkyl halides is 1. The molecule has 0 radical (unpaired) electrons. The Hall–Kier alpha value is -0.670. The molecule has 1 aromatic rings. The molecule has 1 unspecified atom stereocenters. The van der Waals surface area contributed by atoms with E-state index >= 15 is 0 Å². The molecule has 0 saturated heterocycles. The summed E-state index contributed by atoms with van der Waals surface area (Å²) in [6.45, 7) is 2.01. The zero-order valence-corrected chi connectivity index (χ0v) is 9.31. The normalized spacial score (nSPS) is 12.4. The summed E-state index contributed by atoms with van der Waals surface area (Å²) in [5, 5.41) is 7.74. The van der Waals surface area contributed by atoms with Gasteiger partial charge in [0, 0.05) is 10.6 Å². The van der Waals surface area contributed by atoms with Crippen LogP contribution in [0.5, 0.6) is 0 Å². The van der Waals surface area contributed by atoms with Crippen LogP contribution in [0.1, 0.15) is 5.56 Å². The number of aliphatic carboxylic acids is 1. The smallest absolute Gasteiger partial charge is 0.322 e. The zero-order valence-electron chi connectivity index (χ0n) is 7.74. The molecule has 0 aliphatic heterocycles. The third-order valence-corrected chi connectivity index (χ3v) is 3.31. The summed E-state index contributed by atoms with van der Waals surface area (Å²) in [4.78, 5) is 11.5. The standard InChI is InChI=1S/C10H11ClO2S/c1-7-2-4-8(5-3-7)14-6-9(11)10(12)13/h2-5,9H,6H2,1H3,(H,12,13). The lowest BCUT2D eigenvalue weighted by atomic mass is 10.2. The van der Waals surface area contributed by atoms with E-state index in [1.54, 1.807) is 0 Å². The summed E-state index contributed by atoms with van der Waals surface area (Å²) in [7, 11) is 0. The van der Waals surface area contributed by atoms with E-state index in [0.717, 1.165) is 4.90 Å². The van der Waals surface area contributed by atoms with Crippen molar-refractivity contribution in [2.45, 2.75) is 17.2 Å². The highest BCUT2D eigenvalue weighted by molar-refractivity contribution is 7.99. The van der Waals surface area contributed by atoms with E-state index in [1.807, 2.05) is 31.2 Å². The van der Waals surface area contributed by atoms with Crippen LogP contribution in [0.4, 0.5) is 0 Å². The van der Waals surface area contributed by atoms with Gasteiger partial charge < -0.3 is 5.11 Å². The first kappa shape index (κ1) is 11.4. The van der Waals surface area contributed by atoms with E-state index in [2.05, 4.69) is 0 Å². The number of halogens is 1. The maximum atomic E-state index is 10.4. The van der Waals surface area contributed by atoms with Gasteiger partial charge in [-0.25, -0.2) is 0 Å². The average molecular weight is 231 g/mol. The molecule has 1 rings (SSSR count). The van der Waals surface area contributed by atoms with E-state index < -0.39 is 11.3 Å². The Kier molecular flexibility index (Phi) is 4.29. The molecule has 0 bridgehead atoms. The second-order valence-electron chi connectivity index (χ2n) is 2.93. The summed E-state index contributed by atoms with van der Waals surface area (Å²) < 4.78 is 0. The molecule has 0 aliphatic rings. The number of carboxylic acids is 1. The number of rotatable bonds is 4. The van der Waals surface area contributed by atoms with Crippen LogP contribution in [-0.4, -0.2) is 22.2 Å². The summed E-state index contributed by atoms with van der Waals surface area (Å²) in [6, 6.07) is 7.91. The quantitative estimate of drug-likeness (QED) is 0.639. The first-order chi connectivity index (χ1) is 6.59. The van der Waals surface area contributed by atoms with Crippen molar-refractivity contribution in [1.29, 1.82) is 0 Å². The van der Waals surface area contributed by atoms with Crippen molar-refractivity contribution in [3.63, 3.8) is 0 Å². The van der Waals surface area contributed by atoms with Crippen LogP contribution in [0.2, 0.25) is 0 Å². The van der Waals surface area contributed by atoms with Crippen LogP contribution in [0.25, 0.3) is 0 Å². The van der Waals surface area contributed by atoms with Gasteiger partial charge in [0.2, 0.25) is 0 Å². The van der Waals surface area contributed by atoms with Gasteiger partial charge in [0.25, 0.3) is 0 Å². The molecule has 1 atom stereocenters. The van der Waals surface area contributed by atoms with Crippen molar-refractivity contribution in [2.24, 2.45) is 0 Å². The number of carboxylic acid groups (broad SMARTS) is 1. The topological polar surface area (TPSA) is 37.3 Å². The van der Waals surface area contributed by atoms with Gasteiger partial charge in [0.05, 0.1) is 0 Å². The lowest BCUT2D eigenvalue weighted by molar-refractivity contribution is -0.136. The summed E-state index contributed by atoms with van der Waals surface area (Å²) >= 11 is 7.03. The van der Waals surface area contributed by atoms with Gasteiger partial charge in [-0.3, -0.25) is 4.79 Å². The minimum absolute atomic E-state index is 0.389. The Morgan fingerprint density at radius 3 is 2.57 bits per heavy atom. The van der Waals surface area contributed by atoms with Gasteiger partial charge in [-0.2, -0.15) is 0 Å². The maximum absolute atomic E-state index is 10.4. The highest BCUT2D eigenvalue weighted by Gasteiger charge is 2.13. The Balaban J connectivity index is 2.46. The van der Waals surface area contributed by atoms with Crippen LogP contribution < -0.4 is 0 Å². The minimum atomic E-state index is -0.966. The molecule has 1 aromatic carbocycles. The molecule has 2 nitrogen and oxygen atoms in total. The van der Waals surface area contributed by atoms with E-state index in [4.69, 9.17) is 16.7 Å². The summed E-state index contributed by atoms with van der Waals surface area (Å²) in [5.74, 6) is -0.578. The molecule has 14 heavy (non-hydrogen) atoms. The number of thioether (sulfide) groups is 1. The molecule has 76 valence electrons. The van der Waals surface area contributed by atoms with E-state index in [9.17, 15) is 4.79 Å². The van der Waals surface area contributed by atoms with Crippen LogP contribution in [0, 0.1) is 6.92 Å². The minimum Gasteiger partial charge on any atom is -0.480 e. The second kappa shape index (κ2) is 5.27. The number of aryl methyl sites for hydroxylation is 1. The van der Waals surface area contributed by atoms with Crippen molar-refractivity contribution in [3.05, 3.63) is 29.8 Å². The SMILES string of the molecule is Cc1ccc(SCC(Cl)C(=O)O)cc1. The molecule has 0 fully saturated rings. The molecule has 0 spiro atoms. The lowest BCUT2D eigenvalue weighted by Crippen LogP contribution is -2.15. The van der Waals surface area contributed by atoms with E-state index in [0.29, 0.717) is 5.75 Å². The number of hydrogen-bond donors (Lipinski definition) is 1. The van der Waals surface area contributed by atoms with E-state index in [1.165, 1.54) is 17.3 Å². The first-order valence-corrected chi connectivity index (χ1v) is 5.58. The first-order valence-electron chi connectivity index (χ1n) is 4.16. The highest BCUT2D eigenvalue weighted by atomic mass is 35.5. The Morgan fingerprint density at radius 2 is 2.07 bits per heavy atom. The van der Waals surface area contributed by atoms with Crippen LogP contribution in [0.15, 0.2) is 29.2 Å². The monoisotopic (exact) mass is 230 g/mol. The Labute approximate surface area is 92.3 Å². The van der Waals surface area contributed by atoms with Crippen LogP contribution in [0.3, 0.4) is 0 Å². The number of carbonyl (C=O) groups is 1. The van der Waals surface area contributed by atoms with Gasteiger partial charge in [0.15, 0.2) is 0 Å². The Bertz CT molecular complexity index is 310. The van der Waals surface area contributed by atoms with Crippen LogP contribution in [-0.2, 0) is 4.79 Å². The summed E-state index contributed by atoms with van der Waals surface area (Å²) in [5.41, 5.74) is 1.19. The number of hydrogen-bond acceptors (Lipinski definition) is 2. The van der Waals surface area contributed by atoms with Gasteiger partial charge in [-0.15, -0.1) is 23.4 Å². The van der Waals surface area contributed by atoms with Crippen molar-refractivity contribution >= 4 is 29.3 Å². The fraction of sp³-hybridized carbons (Fsp3) is 0.300. The molecule has 0 aromatic heterocycles. The van der Waals surface area contributed by atoms with E-state index in [-0.39, 0.29) is 0 Å². The van der Waals surface area contributed by atoms with Crippen molar-refractivity contribution in [1.82, 2.24) is 0 Å². The third-order valence-electron chi connectivity index (χ3n) is 1.69. The fourth-order valence-electron chi connectivity index (χ4n) is 0.875. The number of benzene rings is 1. The third kappa shape index (κ3) is 3.60. The Morgan fingerprint density at radius 1 is 1.50 bits per heavy atom. The van der Waals surface area contributed by atoms with Gasteiger partial charge >= 0.3 is 5.97 Å². The van der Waals surface area contributed by atoms with Crippen LogP contribution >= 0.6 is 23.4 Å². The van der Waals surface area contributed by atoms with Gasteiger partial charge in [-0.05, 0) is 19.1 Å². The molecular formula is C10H11ClO2S. The van der Waals surface area contributed by atoms with Crippen molar-refractivity contribution in [3.8, 4) is 0 Å². The zero-order chi connectivity index (χ0) is 10.6. The predicted molar refractivity (Wildman–Crippen MR) is 59.2 cm³/mol. The highest BCUT2D eigenvalue weighted by Crippen LogP contribution is 2.20. The fourth-order valence-corrected chi connectivity index (χ4v) is 1.87. The molecule has 0 aliphatic carbocycles. The molecule has 4 heteroatoms. The predicted octanol–water partition coefficient (Wildman–Crippen LogP) is 2.78. The second-order valence-corrected chi connectivity index (χ2v) is 4.55.